The Morgan fingerprint density at radius 2 is 2.44 bits per heavy atom. The lowest BCUT2D eigenvalue weighted by Crippen LogP contribution is -2.27. The second-order valence-corrected chi connectivity index (χ2v) is 4.36. The van der Waals surface area contributed by atoms with E-state index in [9.17, 15) is 0 Å². The minimum Gasteiger partial charge on any atom is -0.332 e. The van der Waals surface area contributed by atoms with E-state index in [4.69, 9.17) is 4.52 Å². The first-order chi connectivity index (χ1) is 7.93. The molecule has 3 heterocycles. The highest BCUT2D eigenvalue weighted by Gasteiger charge is 2.21. The molecule has 0 radical (unpaired) electrons. The first-order valence-electron chi connectivity index (χ1n) is 5.28. The van der Waals surface area contributed by atoms with E-state index in [0.717, 1.165) is 18.8 Å². The summed E-state index contributed by atoms with van der Waals surface area (Å²) < 4.78 is 8.93. The second kappa shape index (κ2) is 4.26. The number of piperidine rings is 1. The first-order valence-corrected chi connectivity index (χ1v) is 6.11. The highest BCUT2D eigenvalue weighted by molar-refractivity contribution is 7.03. The Morgan fingerprint density at radius 3 is 3.19 bits per heavy atom. The van der Waals surface area contributed by atoms with Crippen LogP contribution in [0.2, 0.25) is 0 Å². The molecule has 1 fully saturated rings. The average molecular weight is 237 g/mol. The third-order valence-corrected chi connectivity index (χ3v) is 3.15. The Labute approximate surface area is 96.2 Å². The van der Waals surface area contributed by atoms with Crippen LogP contribution in [-0.2, 0) is 0 Å². The van der Waals surface area contributed by atoms with Crippen LogP contribution in [0.5, 0.6) is 0 Å². The molecule has 1 unspecified atom stereocenters. The topological polar surface area (TPSA) is 76.7 Å². The van der Waals surface area contributed by atoms with Crippen molar-refractivity contribution >= 4 is 11.5 Å². The lowest BCUT2D eigenvalue weighted by atomic mass is 10.0. The summed E-state index contributed by atoms with van der Waals surface area (Å²) in [4.78, 5) is 4.34. The predicted octanol–water partition coefficient (Wildman–Crippen LogP) is 1.40. The Morgan fingerprint density at radius 1 is 1.44 bits per heavy atom. The molecule has 0 aliphatic carbocycles. The fraction of sp³-hybridized carbons (Fsp3) is 0.556. The zero-order chi connectivity index (χ0) is 10.8. The summed E-state index contributed by atoms with van der Waals surface area (Å²) in [6.45, 7) is 1.02. The molecule has 84 valence electrons. The van der Waals surface area contributed by atoms with Crippen molar-refractivity contribution in [1.29, 1.82) is 0 Å². The van der Waals surface area contributed by atoms with Gasteiger partial charge in [0, 0.05) is 5.38 Å². The number of aromatic nitrogens is 4. The molecule has 2 aromatic heterocycles. The molecule has 1 saturated heterocycles. The second-order valence-electron chi connectivity index (χ2n) is 3.75. The van der Waals surface area contributed by atoms with Crippen molar-refractivity contribution in [2.24, 2.45) is 0 Å². The van der Waals surface area contributed by atoms with Gasteiger partial charge in [0.25, 0.3) is 5.89 Å². The molecular weight excluding hydrogens is 226 g/mol. The monoisotopic (exact) mass is 237 g/mol. The standard InChI is InChI=1S/C9H11N5OS/c1-2-4-10-6(3-1)8-11-9(15-13-8)7-5-16-14-12-7/h5-6,10H,1-4H2. The van der Waals surface area contributed by atoms with Gasteiger partial charge in [0.15, 0.2) is 11.5 Å². The largest absolute Gasteiger partial charge is 0.332 e. The normalized spacial score (nSPS) is 21.1. The van der Waals surface area contributed by atoms with Crippen molar-refractivity contribution in [3.8, 4) is 11.6 Å². The van der Waals surface area contributed by atoms with Crippen molar-refractivity contribution < 1.29 is 4.52 Å². The zero-order valence-corrected chi connectivity index (χ0v) is 9.40. The van der Waals surface area contributed by atoms with Crippen LogP contribution in [0.3, 0.4) is 0 Å². The predicted molar refractivity (Wildman–Crippen MR) is 57.8 cm³/mol. The molecule has 0 spiro atoms. The number of rotatable bonds is 2. The lowest BCUT2D eigenvalue weighted by molar-refractivity contribution is 0.366. The van der Waals surface area contributed by atoms with Gasteiger partial charge in [0.05, 0.1) is 6.04 Å². The van der Waals surface area contributed by atoms with E-state index in [1.165, 1.54) is 24.4 Å². The van der Waals surface area contributed by atoms with Gasteiger partial charge >= 0.3 is 0 Å². The van der Waals surface area contributed by atoms with Crippen molar-refractivity contribution in [2.75, 3.05) is 6.54 Å². The highest BCUT2D eigenvalue weighted by atomic mass is 32.1. The smallest absolute Gasteiger partial charge is 0.279 e. The van der Waals surface area contributed by atoms with Gasteiger partial charge in [0.1, 0.15) is 0 Å². The Kier molecular flexibility index (Phi) is 2.63. The molecule has 3 rings (SSSR count). The number of nitrogens with zero attached hydrogens (tertiary/aromatic N) is 4. The summed E-state index contributed by atoms with van der Waals surface area (Å²) in [6, 6.07) is 0.220. The van der Waals surface area contributed by atoms with E-state index >= 15 is 0 Å². The van der Waals surface area contributed by atoms with Crippen LogP contribution < -0.4 is 5.32 Å². The third kappa shape index (κ3) is 1.83. The van der Waals surface area contributed by atoms with Gasteiger partial charge in [-0.25, -0.2) is 0 Å². The van der Waals surface area contributed by atoms with Gasteiger partial charge in [-0.05, 0) is 30.9 Å². The minimum absolute atomic E-state index is 0.220. The fourth-order valence-electron chi connectivity index (χ4n) is 1.81. The van der Waals surface area contributed by atoms with E-state index in [-0.39, 0.29) is 6.04 Å². The van der Waals surface area contributed by atoms with Crippen LogP contribution in [0, 0.1) is 0 Å². The number of hydrogen-bond acceptors (Lipinski definition) is 7. The molecule has 6 nitrogen and oxygen atoms in total. The minimum atomic E-state index is 0.220. The Bertz CT molecular complexity index is 448. The van der Waals surface area contributed by atoms with E-state index < -0.39 is 0 Å². The van der Waals surface area contributed by atoms with Crippen molar-refractivity contribution in [1.82, 2.24) is 25.0 Å². The van der Waals surface area contributed by atoms with Crippen LogP contribution >= 0.6 is 11.5 Å². The molecule has 0 amide bonds. The summed E-state index contributed by atoms with van der Waals surface area (Å²) in [7, 11) is 0. The zero-order valence-electron chi connectivity index (χ0n) is 8.59. The molecule has 0 bridgehead atoms. The van der Waals surface area contributed by atoms with Crippen LogP contribution in [0.4, 0.5) is 0 Å². The summed E-state index contributed by atoms with van der Waals surface area (Å²) in [5, 5.41) is 13.1. The maximum absolute atomic E-state index is 5.17. The molecule has 1 aliphatic rings. The Hall–Kier alpha value is -1.34. The van der Waals surface area contributed by atoms with Crippen LogP contribution in [-0.4, -0.2) is 26.3 Å². The third-order valence-electron chi connectivity index (χ3n) is 2.64. The lowest BCUT2D eigenvalue weighted by Gasteiger charge is -2.19. The van der Waals surface area contributed by atoms with E-state index in [1.807, 2.05) is 0 Å². The molecule has 0 aromatic carbocycles. The molecule has 7 heteroatoms. The van der Waals surface area contributed by atoms with Gasteiger partial charge < -0.3 is 9.84 Å². The molecule has 1 N–H and O–H groups in total. The van der Waals surface area contributed by atoms with E-state index in [1.54, 1.807) is 5.38 Å². The molecule has 16 heavy (non-hydrogen) atoms. The number of hydrogen-bond donors (Lipinski definition) is 1. The van der Waals surface area contributed by atoms with Gasteiger partial charge in [-0.1, -0.05) is 16.1 Å². The number of nitrogens with one attached hydrogen (secondary N) is 1. The maximum Gasteiger partial charge on any atom is 0.279 e. The molecule has 2 aromatic rings. The molecule has 1 atom stereocenters. The Balaban J connectivity index is 1.82. The van der Waals surface area contributed by atoms with Gasteiger partial charge in [-0.3, -0.25) is 0 Å². The summed E-state index contributed by atoms with van der Waals surface area (Å²) in [6.07, 6.45) is 3.49. The average Bonchev–Trinajstić information content (AvgIpc) is 3.01. The summed E-state index contributed by atoms with van der Waals surface area (Å²) in [5.41, 5.74) is 0.652. The summed E-state index contributed by atoms with van der Waals surface area (Å²) >= 11 is 1.27. The van der Waals surface area contributed by atoms with Crippen LogP contribution in [0.25, 0.3) is 11.6 Å². The van der Waals surface area contributed by atoms with Crippen molar-refractivity contribution in [2.45, 2.75) is 25.3 Å². The van der Waals surface area contributed by atoms with Crippen LogP contribution in [0.15, 0.2) is 9.90 Å². The van der Waals surface area contributed by atoms with Gasteiger partial charge in [-0.15, -0.1) is 5.10 Å². The molecule has 1 aliphatic heterocycles. The van der Waals surface area contributed by atoms with Crippen molar-refractivity contribution in [3.63, 3.8) is 0 Å². The van der Waals surface area contributed by atoms with E-state index in [0.29, 0.717) is 11.6 Å². The fourth-order valence-corrected chi connectivity index (χ4v) is 2.24. The first kappa shape index (κ1) is 9.86. The van der Waals surface area contributed by atoms with Gasteiger partial charge in [-0.2, -0.15) is 4.98 Å². The summed E-state index contributed by atoms with van der Waals surface area (Å²) in [5.74, 6) is 1.18. The van der Waals surface area contributed by atoms with Gasteiger partial charge in [0.2, 0.25) is 0 Å². The molecular formula is C9H11N5OS. The maximum atomic E-state index is 5.17. The van der Waals surface area contributed by atoms with Crippen molar-refractivity contribution in [3.05, 3.63) is 11.2 Å². The molecule has 0 saturated carbocycles. The highest BCUT2D eigenvalue weighted by Crippen LogP contribution is 2.23. The van der Waals surface area contributed by atoms with Crippen LogP contribution in [0.1, 0.15) is 31.1 Å². The SMILES string of the molecule is c1snnc1-c1nc(C2CCCCN2)no1. The van der Waals surface area contributed by atoms with E-state index in [2.05, 4.69) is 25.0 Å². The quantitative estimate of drug-likeness (QED) is 0.850.